The smallest absolute Gasteiger partial charge is 0.264 e. The number of hydrogen-bond acceptors (Lipinski definition) is 3. The first-order chi connectivity index (χ1) is 11.8. The largest absolute Gasteiger partial charge is 0.332 e. The van der Waals surface area contributed by atoms with Crippen molar-refractivity contribution in [2.75, 3.05) is 18.9 Å². The summed E-state index contributed by atoms with van der Waals surface area (Å²) in [6, 6.07) is 7.84. The van der Waals surface area contributed by atoms with Crippen molar-refractivity contribution in [1.82, 2.24) is 4.90 Å². The third-order valence-electron chi connectivity index (χ3n) is 4.22. The molecular formula is C20H26N2O2S. The number of amides is 2. The first-order valence-corrected chi connectivity index (χ1v) is 9.36. The molecule has 0 spiro atoms. The fourth-order valence-corrected chi connectivity index (χ4v) is 3.87. The van der Waals surface area contributed by atoms with Crippen LogP contribution < -0.4 is 5.32 Å². The van der Waals surface area contributed by atoms with Crippen molar-refractivity contribution in [1.29, 1.82) is 0 Å². The Balaban J connectivity index is 2.03. The summed E-state index contributed by atoms with van der Waals surface area (Å²) in [6.07, 6.45) is 2.03. The summed E-state index contributed by atoms with van der Waals surface area (Å²) in [5, 5.41) is 2.92. The summed E-state index contributed by atoms with van der Waals surface area (Å²) in [7, 11) is 1.67. The van der Waals surface area contributed by atoms with Crippen molar-refractivity contribution in [2.45, 2.75) is 40.5 Å². The van der Waals surface area contributed by atoms with E-state index in [9.17, 15) is 9.59 Å². The Bertz CT molecular complexity index is 760. The Morgan fingerprint density at radius 2 is 1.80 bits per heavy atom. The molecule has 134 valence electrons. The highest BCUT2D eigenvalue weighted by Gasteiger charge is 2.19. The first-order valence-electron chi connectivity index (χ1n) is 8.54. The lowest BCUT2D eigenvalue weighted by Crippen LogP contribution is -2.34. The highest BCUT2D eigenvalue weighted by molar-refractivity contribution is 7.14. The Morgan fingerprint density at radius 3 is 2.40 bits per heavy atom. The van der Waals surface area contributed by atoms with Crippen LogP contribution in [0.1, 0.15) is 44.6 Å². The van der Waals surface area contributed by atoms with Gasteiger partial charge in [0.05, 0.1) is 11.4 Å². The molecule has 0 aliphatic rings. The minimum atomic E-state index is -0.185. The number of nitrogens with one attached hydrogen (secondary N) is 1. The summed E-state index contributed by atoms with van der Waals surface area (Å²) >= 11 is 1.50. The molecule has 2 aromatic rings. The van der Waals surface area contributed by atoms with Crippen molar-refractivity contribution in [3.8, 4) is 0 Å². The van der Waals surface area contributed by atoms with Gasteiger partial charge in [-0.2, -0.15) is 0 Å². The van der Waals surface area contributed by atoms with Crippen LogP contribution in [0.5, 0.6) is 0 Å². The van der Waals surface area contributed by atoms with Gasteiger partial charge in [0.25, 0.3) is 5.91 Å². The van der Waals surface area contributed by atoms with E-state index in [-0.39, 0.29) is 18.4 Å². The van der Waals surface area contributed by atoms with Crippen LogP contribution in [-0.4, -0.2) is 30.3 Å². The van der Waals surface area contributed by atoms with E-state index in [0.29, 0.717) is 4.88 Å². The van der Waals surface area contributed by atoms with Crippen molar-refractivity contribution in [3.63, 3.8) is 0 Å². The highest BCUT2D eigenvalue weighted by Crippen LogP contribution is 2.24. The number of carbonyl (C=O) groups is 2. The number of likely N-dealkylation sites (N-methyl/N-ethyl adjacent to an activating group) is 1. The third kappa shape index (κ3) is 4.69. The molecule has 1 aromatic heterocycles. The molecule has 5 heteroatoms. The van der Waals surface area contributed by atoms with E-state index in [1.807, 2.05) is 45.0 Å². The molecule has 0 saturated carbocycles. The van der Waals surface area contributed by atoms with Crippen LogP contribution >= 0.6 is 11.3 Å². The molecule has 25 heavy (non-hydrogen) atoms. The molecule has 0 saturated heterocycles. The van der Waals surface area contributed by atoms with Crippen molar-refractivity contribution in [3.05, 3.63) is 50.7 Å². The molecule has 0 bridgehead atoms. The van der Waals surface area contributed by atoms with Gasteiger partial charge in [-0.25, -0.2) is 0 Å². The zero-order valence-corrected chi connectivity index (χ0v) is 16.4. The van der Waals surface area contributed by atoms with E-state index in [2.05, 4.69) is 12.2 Å². The van der Waals surface area contributed by atoms with Crippen molar-refractivity contribution >= 4 is 28.8 Å². The Labute approximate surface area is 153 Å². The fourth-order valence-electron chi connectivity index (χ4n) is 2.81. The molecule has 0 aliphatic heterocycles. The zero-order chi connectivity index (χ0) is 18.6. The second kappa shape index (κ2) is 8.30. The molecule has 0 unspecified atom stereocenters. The summed E-state index contributed by atoms with van der Waals surface area (Å²) in [4.78, 5) is 28.3. The Kier molecular flexibility index (Phi) is 6.37. The Hall–Kier alpha value is -2.14. The molecular weight excluding hydrogens is 332 g/mol. The van der Waals surface area contributed by atoms with Gasteiger partial charge in [-0.05, 0) is 49.9 Å². The van der Waals surface area contributed by atoms with Gasteiger partial charge in [0.1, 0.15) is 0 Å². The van der Waals surface area contributed by atoms with Gasteiger partial charge in [0.15, 0.2) is 0 Å². The van der Waals surface area contributed by atoms with Crippen molar-refractivity contribution < 1.29 is 9.59 Å². The number of para-hydroxylation sites is 1. The Morgan fingerprint density at radius 1 is 1.16 bits per heavy atom. The molecule has 0 radical (unpaired) electrons. The lowest BCUT2D eigenvalue weighted by Gasteiger charge is -2.17. The molecule has 0 aliphatic carbocycles. The van der Waals surface area contributed by atoms with Crippen LogP contribution in [0.25, 0.3) is 0 Å². The van der Waals surface area contributed by atoms with Gasteiger partial charge in [-0.3, -0.25) is 9.59 Å². The lowest BCUT2D eigenvalue weighted by molar-refractivity contribution is -0.116. The van der Waals surface area contributed by atoms with E-state index in [4.69, 9.17) is 0 Å². The number of benzene rings is 1. The molecule has 4 nitrogen and oxygen atoms in total. The fraction of sp³-hybridized carbons (Fsp3) is 0.400. The number of hydrogen-bond donors (Lipinski definition) is 1. The van der Waals surface area contributed by atoms with E-state index < -0.39 is 0 Å². The lowest BCUT2D eigenvalue weighted by atomic mass is 10.1. The number of aryl methyl sites for hydroxylation is 4. The minimum absolute atomic E-state index is 0.0344. The van der Waals surface area contributed by atoms with Crippen LogP contribution in [0.3, 0.4) is 0 Å². The number of anilines is 1. The van der Waals surface area contributed by atoms with E-state index in [1.54, 1.807) is 7.05 Å². The van der Waals surface area contributed by atoms with Gasteiger partial charge in [-0.15, -0.1) is 11.3 Å². The number of rotatable bonds is 6. The standard InChI is InChI=1S/C20H26N2O2S/c1-6-8-16-11-17(25-15(16)4)20(24)22(5)12-18(23)21-19-13(2)9-7-10-14(19)3/h7,9-11H,6,8,12H2,1-5H3,(H,21,23). The van der Waals surface area contributed by atoms with E-state index >= 15 is 0 Å². The minimum Gasteiger partial charge on any atom is -0.332 e. The number of thiophene rings is 1. The predicted octanol–water partition coefficient (Wildman–Crippen LogP) is 4.34. The first kappa shape index (κ1) is 19.2. The SMILES string of the molecule is CCCc1cc(C(=O)N(C)CC(=O)Nc2c(C)cccc2C)sc1C. The topological polar surface area (TPSA) is 49.4 Å². The van der Waals surface area contributed by atoms with Gasteiger partial charge in [-0.1, -0.05) is 31.5 Å². The van der Waals surface area contributed by atoms with Crippen molar-refractivity contribution in [2.24, 2.45) is 0 Å². The summed E-state index contributed by atoms with van der Waals surface area (Å²) in [5.74, 6) is -0.289. The molecule has 1 heterocycles. The summed E-state index contributed by atoms with van der Waals surface area (Å²) < 4.78 is 0. The molecule has 1 aromatic carbocycles. The normalized spacial score (nSPS) is 10.6. The maximum Gasteiger partial charge on any atom is 0.264 e. The van der Waals surface area contributed by atoms with Gasteiger partial charge < -0.3 is 10.2 Å². The van der Waals surface area contributed by atoms with Crippen LogP contribution in [0.15, 0.2) is 24.3 Å². The zero-order valence-electron chi connectivity index (χ0n) is 15.6. The maximum atomic E-state index is 12.6. The van der Waals surface area contributed by atoms with Crippen LogP contribution in [0.2, 0.25) is 0 Å². The van der Waals surface area contributed by atoms with Gasteiger partial charge in [0, 0.05) is 17.6 Å². The highest BCUT2D eigenvalue weighted by atomic mass is 32.1. The molecule has 0 atom stereocenters. The van der Waals surface area contributed by atoms with Crippen LogP contribution in [0, 0.1) is 20.8 Å². The molecule has 1 N–H and O–H groups in total. The third-order valence-corrected chi connectivity index (χ3v) is 5.30. The summed E-state index contributed by atoms with van der Waals surface area (Å²) in [5.41, 5.74) is 4.08. The predicted molar refractivity (Wildman–Crippen MR) is 105 cm³/mol. The van der Waals surface area contributed by atoms with Gasteiger partial charge >= 0.3 is 0 Å². The molecule has 2 amide bonds. The average molecular weight is 359 g/mol. The van der Waals surface area contributed by atoms with E-state index in [1.165, 1.54) is 26.7 Å². The van der Waals surface area contributed by atoms with Gasteiger partial charge in [0.2, 0.25) is 5.91 Å². The van der Waals surface area contributed by atoms with Crippen LogP contribution in [0.4, 0.5) is 5.69 Å². The molecule has 2 rings (SSSR count). The monoisotopic (exact) mass is 358 g/mol. The second-order valence-corrected chi connectivity index (χ2v) is 7.67. The summed E-state index contributed by atoms with van der Waals surface area (Å²) in [6.45, 7) is 8.12. The van der Waals surface area contributed by atoms with Crippen LogP contribution in [-0.2, 0) is 11.2 Å². The average Bonchev–Trinajstić information content (AvgIpc) is 2.91. The number of carbonyl (C=O) groups excluding carboxylic acids is 2. The molecule has 0 fully saturated rings. The van der Waals surface area contributed by atoms with E-state index in [0.717, 1.165) is 29.7 Å². The quantitative estimate of drug-likeness (QED) is 0.835. The number of nitrogens with zero attached hydrogens (tertiary/aromatic N) is 1. The second-order valence-electron chi connectivity index (χ2n) is 6.42. The maximum absolute atomic E-state index is 12.6.